The Morgan fingerprint density at radius 1 is 1.28 bits per heavy atom. The van der Waals surface area contributed by atoms with Gasteiger partial charge in [-0.2, -0.15) is 0 Å². The third-order valence-corrected chi connectivity index (χ3v) is 2.74. The maximum atomic E-state index is 13.6. The van der Waals surface area contributed by atoms with Gasteiger partial charge in [-0.05, 0) is 43.3 Å². The van der Waals surface area contributed by atoms with E-state index < -0.39 is 11.6 Å². The monoisotopic (exact) mass is 249 g/mol. The SMILES string of the molecule is CNC(Cc1cc(F)ccc1F)c1ccncn1. The van der Waals surface area contributed by atoms with Crippen LogP contribution in [0.3, 0.4) is 0 Å². The van der Waals surface area contributed by atoms with Crippen molar-refractivity contribution >= 4 is 0 Å². The lowest BCUT2D eigenvalue weighted by atomic mass is 10.0. The summed E-state index contributed by atoms with van der Waals surface area (Å²) in [5, 5.41) is 3.03. The van der Waals surface area contributed by atoms with Crippen LogP contribution in [-0.4, -0.2) is 17.0 Å². The molecule has 1 N–H and O–H groups in total. The van der Waals surface area contributed by atoms with E-state index in [1.54, 1.807) is 19.3 Å². The lowest BCUT2D eigenvalue weighted by Crippen LogP contribution is -2.20. The average Bonchev–Trinajstić information content (AvgIpc) is 2.41. The number of rotatable bonds is 4. The topological polar surface area (TPSA) is 37.8 Å². The molecule has 0 aliphatic carbocycles. The molecule has 0 aliphatic rings. The standard InChI is InChI=1S/C13H13F2N3/c1-16-13(12-4-5-17-8-18-12)7-9-6-10(14)2-3-11(9)15/h2-6,8,13,16H,7H2,1H3. The summed E-state index contributed by atoms with van der Waals surface area (Å²) in [6.07, 6.45) is 3.38. The summed E-state index contributed by atoms with van der Waals surface area (Å²) in [6, 6.07) is 5.03. The van der Waals surface area contributed by atoms with Gasteiger partial charge < -0.3 is 5.32 Å². The molecule has 0 saturated carbocycles. The largest absolute Gasteiger partial charge is 0.311 e. The van der Waals surface area contributed by atoms with Crippen LogP contribution in [-0.2, 0) is 6.42 Å². The summed E-state index contributed by atoms with van der Waals surface area (Å²) in [4.78, 5) is 7.94. The fourth-order valence-corrected chi connectivity index (χ4v) is 1.78. The van der Waals surface area contributed by atoms with Gasteiger partial charge in [-0.1, -0.05) is 0 Å². The normalized spacial score (nSPS) is 12.4. The Morgan fingerprint density at radius 2 is 2.11 bits per heavy atom. The maximum Gasteiger partial charge on any atom is 0.126 e. The molecular formula is C13H13F2N3. The van der Waals surface area contributed by atoms with Crippen LogP contribution in [0.15, 0.2) is 36.8 Å². The van der Waals surface area contributed by atoms with Gasteiger partial charge in [0, 0.05) is 6.20 Å². The molecule has 1 atom stereocenters. The molecular weight excluding hydrogens is 236 g/mol. The number of hydrogen-bond donors (Lipinski definition) is 1. The van der Waals surface area contributed by atoms with E-state index in [1.807, 2.05) is 0 Å². The minimum Gasteiger partial charge on any atom is -0.311 e. The molecule has 5 heteroatoms. The quantitative estimate of drug-likeness (QED) is 0.903. The molecule has 94 valence electrons. The summed E-state index contributed by atoms with van der Waals surface area (Å²) in [5.41, 5.74) is 1.07. The molecule has 1 heterocycles. The highest BCUT2D eigenvalue weighted by Crippen LogP contribution is 2.18. The fraction of sp³-hybridized carbons (Fsp3) is 0.231. The van der Waals surface area contributed by atoms with Gasteiger partial charge in [0.25, 0.3) is 0 Å². The molecule has 1 unspecified atom stereocenters. The Kier molecular flexibility index (Phi) is 3.94. The van der Waals surface area contributed by atoms with E-state index in [4.69, 9.17) is 0 Å². The van der Waals surface area contributed by atoms with E-state index in [-0.39, 0.29) is 6.04 Å². The van der Waals surface area contributed by atoms with Crippen molar-refractivity contribution in [2.24, 2.45) is 0 Å². The molecule has 0 bridgehead atoms. The number of hydrogen-bond acceptors (Lipinski definition) is 3. The summed E-state index contributed by atoms with van der Waals surface area (Å²) in [6.45, 7) is 0. The highest BCUT2D eigenvalue weighted by Gasteiger charge is 2.14. The van der Waals surface area contributed by atoms with Crippen molar-refractivity contribution in [1.82, 2.24) is 15.3 Å². The smallest absolute Gasteiger partial charge is 0.126 e. The Balaban J connectivity index is 2.23. The van der Waals surface area contributed by atoms with Crippen molar-refractivity contribution in [3.8, 4) is 0 Å². The second kappa shape index (κ2) is 5.64. The second-order valence-corrected chi connectivity index (χ2v) is 3.92. The predicted molar refractivity (Wildman–Crippen MR) is 63.9 cm³/mol. The molecule has 18 heavy (non-hydrogen) atoms. The molecule has 2 aromatic rings. The molecule has 0 aliphatic heterocycles. The highest BCUT2D eigenvalue weighted by molar-refractivity contribution is 5.21. The fourth-order valence-electron chi connectivity index (χ4n) is 1.78. The van der Waals surface area contributed by atoms with E-state index in [1.165, 1.54) is 12.4 Å². The van der Waals surface area contributed by atoms with Gasteiger partial charge in [-0.25, -0.2) is 18.7 Å². The van der Waals surface area contributed by atoms with Gasteiger partial charge in [0.15, 0.2) is 0 Å². The lowest BCUT2D eigenvalue weighted by molar-refractivity contribution is 0.535. The van der Waals surface area contributed by atoms with Crippen molar-refractivity contribution in [3.63, 3.8) is 0 Å². The summed E-state index contributed by atoms with van der Waals surface area (Å²) in [7, 11) is 1.75. The van der Waals surface area contributed by atoms with Crippen LogP contribution in [0.1, 0.15) is 17.3 Å². The third-order valence-electron chi connectivity index (χ3n) is 2.74. The highest BCUT2D eigenvalue weighted by atomic mass is 19.1. The second-order valence-electron chi connectivity index (χ2n) is 3.92. The zero-order valence-corrected chi connectivity index (χ0v) is 9.90. The van der Waals surface area contributed by atoms with E-state index in [2.05, 4.69) is 15.3 Å². The number of nitrogens with zero attached hydrogens (tertiary/aromatic N) is 2. The summed E-state index contributed by atoms with van der Waals surface area (Å²) >= 11 is 0. The van der Waals surface area contributed by atoms with E-state index in [0.29, 0.717) is 12.0 Å². The molecule has 1 aromatic heterocycles. The first-order valence-electron chi connectivity index (χ1n) is 5.58. The van der Waals surface area contributed by atoms with Crippen molar-refractivity contribution in [2.45, 2.75) is 12.5 Å². The zero-order chi connectivity index (χ0) is 13.0. The maximum absolute atomic E-state index is 13.6. The van der Waals surface area contributed by atoms with Crippen LogP contribution in [0.5, 0.6) is 0 Å². The van der Waals surface area contributed by atoms with Gasteiger partial charge >= 0.3 is 0 Å². The van der Waals surface area contributed by atoms with Gasteiger partial charge in [0.2, 0.25) is 0 Å². The molecule has 0 saturated heterocycles. The number of nitrogens with one attached hydrogen (secondary N) is 1. The lowest BCUT2D eigenvalue weighted by Gasteiger charge is -2.15. The number of benzene rings is 1. The minimum absolute atomic E-state index is 0.177. The van der Waals surface area contributed by atoms with Crippen LogP contribution in [0.4, 0.5) is 8.78 Å². The zero-order valence-electron chi connectivity index (χ0n) is 9.90. The Morgan fingerprint density at radius 3 is 2.78 bits per heavy atom. The van der Waals surface area contributed by atoms with E-state index >= 15 is 0 Å². The summed E-state index contributed by atoms with van der Waals surface area (Å²) < 4.78 is 26.6. The number of likely N-dealkylation sites (N-methyl/N-ethyl adjacent to an activating group) is 1. The molecule has 0 radical (unpaired) electrons. The van der Waals surface area contributed by atoms with Crippen LogP contribution >= 0.6 is 0 Å². The average molecular weight is 249 g/mol. The first kappa shape index (κ1) is 12.6. The Hall–Kier alpha value is -1.88. The Bertz CT molecular complexity index is 517. The predicted octanol–water partition coefficient (Wildman–Crippen LogP) is 2.26. The van der Waals surface area contributed by atoms with Crippen LogP contribution in [0.25, 0.3) is 0 Å². The van der Waals surface area contributed by atoms with Gasteiger partial charge in [0.05, 0.1) is 11.7 Å². The molecule has 1 aromatic carbocycles. The van der Waals surface area contributed by atoms with Crippen molar-refractivity contribution in [1.29, 1.82) is 0 Å². The van der Waals surface area contributed by atoms with Gasteiger partial charge in [0.1, 0.15) is 18.0 Å². The van der Waals surface area contributed by atoms with Crippen LogP contribution in [0.2, 0.25) is 0 Å². The van der Waals surface area contributed by atoms with Crippen molar-refractivity contribution < 1.29 is 8.78 Å². The molecule has 2 rings (SSSR count). The van der Waals surface area contributed by atoms with Crippen molar-refractivity contribution in [3.05, 3.63) is 59.7 Å². The number of aromatic nitrogens is 2. The molecule has 0 amide bonds. The first-order valence-corrected chi connectivity index (χ1v) is 5.58. The van der Waals surface area contributed by atoms with E-state index in [0.717, 1.165) is 17.8 Å². The number of halogens is 2. The van der Waals surface area contributed by atoms with Crippen LogP contribution in [0, 0.1) is 11.6 Å². The van der Waals surface area contributed by atoms with Crippen molar-refractivity contribution in [2.75, 3.05) is 7.05 Å². The molecule has 0 spiro atoms. The Labute approximate surface area is 104 Å². The minimum atomic E-state index is -0.441. The third kappa shape index (κ3) is 2.87. The van der Waals surface area contributed by atoms with Crippen LogP contribution < -0.4 is 5.32 Å². The van der Waals surface area contributed by atoms with Gasteiger partial charge in [-0.15, -0.1) is 0 Å². The van der Waals surface area contributed by atoms with Gasteiger partial charge in [-0.3, -0.25) is 0 Å². The summed E-state index contributed by atoms with van der Waals surface area (Å²) in [5.74, 6) is -0.852. The first-order chi connectivity index (χ1) is 8.70. The molecule has 3 nitrogen and oxygen atoms in total. The molecule has 0 fully saturated rings. The van der Waals surface area contributed by atoms with E-state index in [9.17, 15) is 8.78 Å².